The summed E-state index contributed by atoms with van der Waals surface area (Å²) in [6, 6.07) is 4.02. The van der Waals surface area contributed by atoms with Gasteiger partial charge in [-0.15, -0.1) is 13.2 Å². The van der Waals surface area contributed by atoms with Gasteiger partial charge in [-0.3, -0.25) is 0 Å². The zero-order chi connectivity index (χ0) is 20.1. The van der Waals surface area contributed by atoms with Crippen LogP contribution < -0.4 is 0 Å². The summed E-state index contributed by atoms with van der Waals surface area (Å²) in [5, 5.41) is 11.2. The highest BCUT2D eigenvalue weighted by atomic mass is 32.1. The molecule has 26 heavy (non-hydrogen) atoms. The third-order valence-corrected chi connectivity index (χ3v) is 4.48. The van der Waals surface area contributed by atoms with Crippen molar-refractivity contribution in [3.8, 4) is 5.75 Å². The van der Waals surface area contributed by atoms with Crippen LogP contribution >= 0.6 is 12.2 Å². The molecule has 0 amide bonds. The van der Waals surface area contributed by atoms with Gasteiger partial charge in [-0.05, 0) is 51.9 Å². The lowest BCUT2D eigenvalue weighted by molar-refractivity contribution is 0.245. The van der Waals surface area contributed by atoms with E-state index < -0.39 is 0 Å². The number of benzene rings is 1. The van der Waals surface area contributed by atoms with E-state index in [4.69, 9.17) is 17.0 Å². The van der Waals surface area contributed by atoms with Crippen molar-refractivity contribution in [2.45, 2.75) is 59.0 Å². The van der Waals surface area contributed by atoms with Gasteiger partial charge in [0.2, 0.25) is 0 Å². The minimum atomic E-state index is -0.168. The lowest BCUT2D eigenvalue weighted by Crippen LogP contribution is -2.31. The maximum Gasteiger partial charge on any atom is 0.260 e. The fourth-order valence-corrected chi connectivity index (χ4v) is 2.90. The van der Waals surface area contributed by atoms with Crippen LogP contribution in [0.4, 0.5) is 0 Å². The fraction of sp³-hybridized carbons (Fsp3) is 0.500. The number of phenols is 1. The number of hydrogen-bond donors (Lipinski definition) is 1. The molecular weight excluding hydrogens is 342 g/mol. The van der Waals surface area contributed by atoms with Crippen molar-refractivity contribution in [2.75, 3.05) is 13.1 Å². The normalized spacial score (nSPS) is 11.8. The first-order valence-electron chi connectivity index (χ1n) is 8.92. The third kappa shape index (κ3) is 5.87. The molecule has 0 spiro atoms. The van der Waals surface area contributed by atoms with Gasteiger partial charge in [0.1, 0.15) is 12.4 Å². The predicted octanol–water partition coefficient (Wildman–Crippen LogP) is 5.46. The van der Waals surface area contributed by atoms with E-state index in [1.54, 1.807) is 12.2 Å². The summed E-state index contributed by atoms with van der Waals surface area (Å²) in [7, 11) is 0. The molecule has 0 unspecified atom stereocenters. The fourth-order valence-electron chi connectivity index (χ4n) is 2.69. The molecule has 4 heteroatoms. The second-order valence-corrected chi connectivity index (χ2v) is 8.93. The molecular formula is C22H33NO2S. The van der Waals surface area contributed by atoms with Gasteiger partial charge in [0.05, 0.1) is 0 Å². The summed E-state index contributed by atoms with van der Waals surface area (Å²) in [5.74, 6) is 0.372. The maximum absolute atomic E-state index is 10.8. The van der Waals surface area contributed by atoms with Gasteiger partial charge in [-0.25, -0.2) is 0 Å². The predicted molar refractivity (Wildman–Crippen MR) is 115 cm³/mol. The molecule has 0 fully saturated rings. The van der Waals surface area contributed by atoms with Crippen LogP contribution in [0.2, 0.25) is 0 Å². The van der Waals surface area contributed by atoms with E-state index >= 15 is 0 Å². The summed E-state index contributed by atoms with van der Waals surface area (Å²) in [6.45, 7) is 21.7. The summed E-state index contributed by atoms with van der Waals surface area (Å²) in [5.41, 5.74) is 2.50. The van der Waals surface area contributed by atoms with E-state index in [1.165, 1.54) is 0 Å². The lowest BCUT2D eigenvalue weighted by Gasteiger charge is -2.28. The largest absolute Gasteiger partial charge is 0.507 e. The number of phenolic OH excluding ortho intramolecular Hbond substituents is 1. The Morgan fingerprint density at radius 1 is 1.04 bits per heavy atom. The van der Waals surface area contributed by atoms with Crippen LogP contribution in [0, 0.1) is 0 Å². The first-order chi connectivity index (χ1) is 11.9. The average Bonchev–Trinajstić information content (AvgIpc) is 2.51. The quantitative estimate of drug-likeness (QED) is 0.528. The molecule has 1 N–H and O–H groups in total. The third-order valence-electron chi connectivity index (χ3n) is 4.11. The Morgan fingerprint density at radius 3 is 1.81 bits per heavy atom. The molecule has 1 rings (SSSR count). The highest BCUT2D eigenvalue weighted by Crippen LogP contribution is 2.39. The van der Waals surface area contributed by atoms with Crippen LogP contribution in [0.5, 0.6) is 5.75 Å². The van der Waals surface area contributed by atoms with Crippen LogP contribution in [-0.2, 0) is 22.2 Å². The van der Waals surface area contributed by atoms with E-state index in [9.17, 15) is 5.11 Å². The van der Waals surface area contributed by atoms with Crippen LogP contribution in [0.3, 0.4) is 0 Å². The van der Waals surface area contributed by atoms with Crippen molar-refractivity contribution in [1.82, 2.24) is 4.90 Å². The highest BCUT2D eigenvalue weighted by Gasteiger charge is 2.26. The molecule has 0 saturated carbocycles. The van der Waals surface area contributed by atoms with Gasteiger partial charge in [0.15, 0.2) is 0 Å². The van der Waals surface area contributed by atoms with Crippen molar-refractivity contribution in [1.29, 1.82) is 0 Å². The van der Waals surface area contributed by atoms with Gasteiger partial charge >= 0.3 is 0 Å². The molecule has 144 valence electrons. The number of nitrogens with zero attached hydrogens (tertiary/aromatic N) is 1. The van der Waals surface area contributed by atoms with Gasteiger partial charge in [-0.2, -0.15) is 0 Å². The molecule has 0 aliphatic rings. The van der Waals surface area contributed by atoms with E-state index in [2.05, 4.69) is 54.7 Å². The number of ether oxygens (including phenoxy) is 1. The van der Waals surface area contributed by atoms with E-state index in [0.29, 0.717) is 30.6 Å². The molecule has 0 aromatic heterocycles. The Morgan fingerprint density at radius 2 is 1.46 bits per heavy atom. The van der Waals surface area contributed by atoms with Gasteiger partial charge < -0.3 is 14.7 Å². The molecule has 1 aromatic rings. The van der Waals surface area contributed by atoms with Crippen LogP contribution in [-0.4, -0.2) is 28.3 Å². The summed E-state index contributed by atoms with van der Waals surface area (Å²) in [6.07, 6.45) is 3.57. The number of aromatic hydroxyl groups is 1. The summed E-state index contributed by atoms with van der Waals surface area (Å²) in [4.78, 5) is 1.89. The Balaban J connectivity index is 3.15. The van der Waals surface area contributed by atoms with E-state index in [1.807, 2.05) is 17.0 Å². The monoisotopic (exact) mass is 375 g/mol. The van der Waals surface area contributed by atoms with Crippen LogP contribution in [0.1, 0.15) is 58.2 Å². The van der Waals surface area contributed by atoms with Crippen molar-refractivity contribution in [3.63, 3.8) is 0 Å². The number of rotatable bonds is 6. The molecule has 1 aromatic carbocycles. The van der Waals surface area contributed by atoms with Crippen molar-refractivity contribution in [2.24, 2.45) is 0 Å². The Hall–Kier alpha value is -1.81. The minimum absolute atomic E-state index is 0.168. The van der Waals surface area contributed by atoms with Gasteiger partial charge in [0, 0.05) is 13.1 Å². The SMILES string of the molecule is C=CCN(CC=C)C(=S)OCc1cc(C(C)(C)C)c(O)c(C(C)(C)C)c1. The Bertz CT molecular complexity index is 621. The Labute approximate surface area is 164 Å². The zero-order valence-electron chi connectivity index (χ0n) is 17.1. The molecule has 0 aliphatic heterocycles. The van der Waals surface area contributed by atoms with Crippen LogP contribution in [0.25, 0.3) is 0 Å². The molecule has 0 atom stereocenters. The van der Waals surface area contributed by atoms with Crippen molar-refractivity contribution < 1.29 is 9.84 Å². The molecule has 3 nitrogen and oxygen atoms in total. The van der Waals surface area contributed by atoms with Gasteiger partial charge in [-0.1, -0.05) is 53.7 Å². The number of thiocarbonyl (C=S) groups is 1. The highest BCUT2D eigenvalue weighted by molar-refractivity contribution is 7.80. The standard InChI is InChI=1S/C22H33NO2S/c1-9-11-23(12-10-2)20(26)25-15-16-13-17(21(3,4)5)19(24)18(14-16)22(6,7)8/h9-10,13-14,24H,1-2,11-12,15H2,3-8H3. The second kappa shape index (κ2) is 8.72. The second-order valence-electron chi connectivity index (χ2n) is 8.58. The van der Waals surface area contributed by atoms with Gasteiger partial charge in [0.25, 0.3) is 5.17 Å². The molecule has 0 aliphatic carbocycles. The Kier molecular flexibility index (Phi) is 7.45. The van der Waals surface area contributed by atoms with Crippen LogP contribution in [0.15, 0.2) is 37.4 Å². The molecule has 0 bridgehead atoms. The minimum Gasteiger partial charge on any atom is -0.507 e. The summed E-state index contributed by atoms with van der Waals surface area (Å²) < 4.78 is 5.85. The lowest BCUT2D eigenvalue weighted by atomic mass is 9.78. The number of hydrogen-bond acceptors (Lipinski definition) is 3. The topological polar surface area (TPSA) is 32.7 Å². The average molecular weight is 376 g/mol. The first-order valence-corrected chi connectivity index (χ1v) is 9.33. The van der Waals surface area contributed by atoms with E-state index in [0.717, 1.165) is 16.7 Å². The molecule has 0 radical (unpaired) electrons. The molecule has 0 saturated heterocycles. The summed E-state index contributed by atoms with van der Waals surface area (Å²) >= 11 is 5.40. The first kappa shape index (κ1) is 22.2. The maximum atomic E-state index is 10.8. The smallest absolute Gasteiger partial charge is 0.260 e. The van der Waals surface area contributed by atoms with E-state index in [-0.39, 0.29) is 10.8 Å². The molecule has 0 heterocycles. The zero-order valence-corrected chi connectivity index (χ0v) is 17.9. The van der Waals surface area contributed by atoms with Crippen molar-refractivity contribution >= 4 is 17.4 Å². The van der Waals surface area contributed by atoms with Crippen molar-refractivity contribution in [3.05, 3.63) is 54.1 Å².